The van der Waals surface area contributed by atoms with E-state index in [0.29, 0.717) is 26.4 Å². The standard InChI is InChI=1S/C28H36N8O2/c1-18(2)25-26(21-14-36-28(29-16-30-36)20(4)19(21)3)31-22-6-7-23(32-27(22)25)34-9-11-35(12-10-34)24(37)15-33-8-5-13-38-17-33/h6-7,14,16,18,31H,5,8-13,15,17H2,1-4H3. The summed E-state index contributed by atoms with van der Waals surface area (Å²) in [7, 11) is 0. The highest BCUT2D eigenvalue weighted by molar-refractivity contribution is 5.90. The maximum atomic E-state index is 12.8. The van der Waals surface area contributed by atoms with Gasteiger partial charge in [0.2, 0.25) is 5.91 Å². The summed E-state index contributed by atoms with van der Waals surface area (Å²) in [6.45, 7) is 14.4. The number of ether oxygens (including phenoxy) is 1. The van der Waals surface area contributed by atoms with Gasteiger partial charge in [-0.15, -0.1) is 0 Å². The Morgan fingerprint density at radius 2 is 1.92 bits per heavy atom. The van der Waals surface area contributed by atoms with E-state index in [0.717, 1.165) is 72.0 Å². The molecule has 2 aliphatic heterocycles. The molecule has 10 nitrogen and oxygen atoms in total. The van der Waals surface area contributed by atoms with E-state index in [1.807, 2.05) is 9.42 Å². The number of rotatable bonds is 5. The van der Waals surface area contributed by atoms with Gasteiger partial charge in [-0.3, -0.25) is 9.69 Å². The van der Waals surface area contributed by atoms with Crippen molar-refractivity contribution in [3.8, 4) is 11.3 Å². The molecule has 0 bridgehead atoms. The fourth-order valence-electron chi connectivity index (χ4n) is 5.73. The highest BCUT2D eigenvalue weighted by Crippen LogP contribution is 2.38. The van der Waals surface area contributed by atoms with Gasteiger partial charge in [0.25, 0.3) is 0 Å². The number of H-pyrrole nitrogens is 1. The number of amides is 1. The van der Waals surface area contributed by atoms with Crippen LogP contribution in [0.2, 0.25) is 0 Å². The van der Waals surface area contributed by atoms with Crippen molar-refractivity contribution in [3.05, 3.63) is 41.3 Å². The van der Waals surface area contributed by atoms with Gasteiger partial charge in [0.15, 0.2) is 5.65 Å². The highest BCUT2D eigenvalue weighted by atomic mass is 16.5. The average molecular weight is 517 g/mol. The molecule has 2 aliphatic rings. The van der Waals surface area contributed by atoms with Crippen molar-refractivity contribution >= 4 is 28.4 Å². The number of hydrogen-bond acceptors (Lipinski definition) is 7. The van der Waals surface area contributed by atoms with Gasteiger partial charge in [-0.25, -0.2) is 14.5 Å². The third-order valence-corrected chi connectivity index (χ3v) is 7.99. The van der Waals surface area contributed by atoms with Crippen molar-refractivity contribution in [2.45, 2.75) is 40.0 Å². The fourth-order valence-corrected chi connectivity index (χ4v) is 5.73. The number of fused-ring (bicyclic) bond motifs is 2. The fraction of sp³-hybridized carbons (Fsp3) is 0.500. The molecular weight excluding hydrogens is 480 g/mol. The van der Waals surface area contributed by atoms with Crippen LogP contribution < -0.4 is 4.90 Å². The van der Waals surface area contributed by atoms with Crippen LogP contribution in [-0.2, 0) is 9.53 Å². The van der Waals surface area contributed by atoms with Crippen molar-refractivity contribution < 1.29 is 9.53 Å². The summed E-state index contributed by atoms with van der Waals surface area (Å²) >= 11 is 0. The molecule has 200 valence electrons. The number of aryl methyl sites for hydroxylation is 1. The Labute approximate surface area is 222 Å². The van der Waals surface area contributed by atoms with Crippen LogP contribution in [0.25, 0.3) is 27.9 Å². The van der Waals surface area contributed by atoms with Crippen LogP contribution in [-0.4, -0.2) is 92.9 Å². The van der Waals surface area contributed by atoms with E-state index in [1.165, 1.54) is 11.1 Å². The van der Waals surface area contributed by atoms with Gasteiger partial charge in [-0.1, -0.05) is 13.8 Å². The lowest BCUT2D eigenvalue weighted by Crippen LogP contribution is -2.52. The van der Waals surface area contributed by atoms with Gasteiger partial charge in [-0.05, 0) is 49.4 Å². The number of hydrogen-bond donors (Lipinski definition) is 1. The van der Waals surface area contributed by atoms with Crippen LogP contribution in [0.3, 0.4) is 0 Å². The Bertz CT molecular complexity index is 1480. The maximum Gasteiger partial charge on any atom is 0.236 e. The third-order valence-electron chi connectivity index (χ3n) is 7.99. The van der Waals surface area contributed by atoms with Crippen LogP contribution in [0, 0.1) is 13.8 Å². The zero-order chi connectivity index (χ0) is 26.4. The van der Waals surface area contributed by atoms with Gasteiger partial charge >= 0.3 is 0 Å². The molecular formula is C28H36N8O2. The molecule has 2 fully saturated rings. The van der Waals surface area contributed by atoms with E-state index < -0.39 is 0 Å². The first-order valence-electron chi connectivity index (χ1n) is 13.6. The quantitative estimate of drug-likeness (QED) is 0.435. The summed E-state index contributed by atoms with van der Waals surface area (Å²) in [5, 5.41) is 4.39. The molecule has 1 amide bonds. The number of nitrogens with one attached hydrogen (secondary N) is 1. The van der Waals surface area contributed by atoms with E-state index in [2.05, 4.69) is 70.9 Å². The molecule has 0 aliphatic carbocycles. The van der Waals surface area contributed by atoms with Gasteiger partial charge in [0, 0.05) is 56.7 Å². The summed E-state index contributed by atoms with van der Waals surface area (Å²) in [4.78, 5) is 32.4. The maximum absolute atomic E-state index is 12.8. The number of carbonyl (C=O) groups is 1. The number of nitrogens with zero attached hydrogens (tertiary/aromatic N) is 7. The molecule has 38 heavy (non-hydrogen) atoms. The van der Waals surface area contributed by atoms with Gasteiger partial charge in [0.05, 0.1) is 30.0 Å². The van der Waals surface area contributed by atoms with Crippen molar-refractivity contribution in [3.63, 3.8) is 0 Å². The Balaban J connectivity index is 1.25. The van der Waals surface area contributed by atoms with Crippen molar-refractivity contribution in [1.29, 1.82) is 0 Å². The minimum absolute atomic E-state index is 0.186. The summed E-state index contributed by atoms with van der Waals surface area (Å²) in [5.74, 6) is 1.42. The molecule has 6 heterocycles. The summed E-state index contributed by atoms with van der Waals surface area (Å²) < 4.78 is 7.35. The SMILES string of the molecule is Cc1c(-c2[nH]c3ccc(N4CCN(C(=O)CN5CCCOC5)CC4)nc3c2C(C)C)cn2ncnc2c1C. The minimum atomic E-state index is 0.186. The van der Waals surface area contributed by atoms with E-state index in [9.17, 15) is 4.79 Å². The Morgan fingerprint density at radius 3 is 2.66 bits per heavy atom. The average Bonchev–Trinajstić information content (AvgIpc) is 3.56. The summed E-state index contributed by atoms with van der Waals surface area (Å²) in [6, 6.07) is 4.23. The number of aromatic nitrogens is 5. The van der Waals surface area contributed by atoms with Crippen molar-refractivity contribution in [2.24, 2.45) is 0 Å². The second-order valence-corrected chi connectivity index (χ2v) is 10.8. The van der Waals surface area contributed by atoms with Crippen LogP contribution >= 0.6 is 0 Å². The van der Waals surface area contributed by atoms with Crippen molar-refractivity contribution in [2.75, 3.05) is 57.5 Å². The zero-order valence-corrected chi connectivity index (χ0v) is 22.7. The van der Waals surface area contributed by atoms with Gasteiger partial charge < -0.3 is 19.5 Å². The molecule has 0 radical (unpaired) electrons. The zero-order valence-electron chi connectivity index (χ0n) is 22.7. The van der Waals surface area contributed by atoms with Gasteiger partial charge in [-0.2, -0.15) is 5.10 Å². The molecule has 2 saturated heterocycles. The molecule has 10 heteroatoms. The molecule has 0 saturated carbocycles. The van der Waals surface area contributed by atoms with E-state index in [1.54, 1.807) is 6.33 Å². The molecule has 1 N–H and O–H groups in total. The molecule has 0 unspecified atom stereocenters. The minimum Gasteiger partial charge on any atom is -0.366 e. The van der Waals surface area contributed by atoms with Crippen LogP contribution in [0.5, 0.6) is 0 Å². The first-order valence-corrected chi connectivity index (χ1v) is 13.6. The second kappa shape index (κ2) is 9.99. The third kappa shape index (κ3) is 4.41. The Kier molecular flexibility index (Phi) is 6.53. The van der Waals surface area contributed by atoms with Gasteiger partial charge in [0.1, 0.15) is 12.1 Å². The highest BCUT2D eigenvalue weighted by Gasteiger charge is 2.26. The Hall–Kier alpha value is -3.50. The van der Waals surface area contributed by atoms with Crippen LogP contribution in [0.4, 0.5) is 5.82 Å². The monoisotopic (exact) mass is 516 g/mol. The molecule has 0 aromatic carbocycles. The number of pyridine rings is 2. The van der Waals surface area contributed by atoms with Crippen LogP contribution in [0.1, 0.15) is 42.9 Å². The number of piperazine rings is 1. The van der Waals surface area contributed by atoms with E-state index in [-0.39, 0.29) is 11.8 Å². The predicted molar refractivity (Wildman–Crippen MR) is 147 cm³/mol. The lowest BCUT2D eigenvalue weighted by atomic mass is 9.95. The number of aromatic amines is 1. The normalized spacial score (nSPS) is 17.3. The first-order chi connectivity index (χ1) is 18.4. The topological polar surface area (TPSA) is 94.9 Å². The molecule has 0 atom stereocenters. The summed E-state index contributed by atoms with van der Waals surface area (Å²) in [5.41, 5.74) is 8.66. The Morgan fingerprint density at radius 1 is 1.11 bits per heavy atom. The number of carbonyl (C=O) groups excluding carboxylic acids is 1. The lowest BCUT2D eigenvalue weighted by molar-refractivity contribution is -0.135. The van der Waals surface area contributed by atoms with E-state index >= 15 is 0 Å². The smallest absolute Gasteiger partial charge is 0.236 e. The van der Waals surface area contributed by atoms with E-state index in [4.69, 9.17) is 9.72 Å². The predicted octanol–water partition coefficient (Wildman–Crippen LogP) is 3.34. The van der Waals surface area contributed by atoms with Crippen molar-refractivity contribution in [1.82, 2.24) is 34.4 Å². The molecule has 0 spiro atoms. The second-order valence-electron chi connectivity index (χ2n) is 10.8. The lowest BCUT2D eigenvalue weighted by Gasteiger charge is -2.36. The number of anilines is 1. The summed E-state index contributed by atoms with van der Waals surface area (Å²) in [6.07, 6.45) is 4.65. The molecule has 4 aromatic heterocycles. The van der Waals surface area contributed by atoms with Crippen LogP contribution in [0.15, 0.2) is 24.7 Å². The first kappa shape index (κ1) is 24.8. The molecule has 4 aromatic rings. The largest absolute Gasteiger partial charge is 0.366 e. The molecule has 6 rings (SSSR count).